The van der Waals surface area contributed by atoms with Crippen molar-refractivity contribution in [3.8, 4) is 0 Å². The van der Waals surface area contributed by atoms with Crippen molar-refractivity contribution >= 4 is 27.3 Å². The fourth-order valence-corrected chi connectivity index (χ4v) is 5.31. The molecule has 35 heavy (non-hydrogen) atoms. The fraction of sp³-hybridized carbons (Fsp3) is 0.500. The van der Waals surface area contributed by atoms with Gasteiger partial charge in [0.05, 0.1) is 5.69 Å². The van der Waals surface area contributed by atoms with Crippen molar-refractivity contribution in [2.45, 2.75) is 63.4 Å². The molecule has 0 saturated heterocycles. The lowest BCUT2D eigenvalue weighted by Crippen LogP contribution is -2.49. The number of ether oxygens (including phenoxy) is 1. The first kappa shape index (κ1) is 26.8. The van der Waals surface area contributed by atoms with Gasteiger partial charge in [0.25, 0.3) is 0 Å². The Morgan fingerprint density at radius 2 is 1.86 bits per heavy atom. The normalized spacial score (nSPS) is 15.3. The molecule has 1 heterocycles. The summed E-state index contributed by atoms with van der Waals surface area (Å²) in [4.78, 5) is 20.1. The third-order valence-corrected chi connectivity index (χ3v) is 7.76. The average molecular weight is 514 g/mol. The molecular weight excluding hydrogens is 483 g/mol. The van der Waals surface area contributed by atoms with E-state index in [1.165, 1.54) is 23.2 Å². The van der Waals surface area contributed by atoms with E-state index in [4.69, 9.17) is 4.74 Å². The number of rotatable bonds is 9. The average Bonchev–Trinajstić information content (AvgIpc) is 2.77. The summed E-state index contributed by atoms with van der Waals surface area (Å²) < 4.78 is 71.4. The number of hydrogen-bond acceptors (Lipinski definition) is 6. The van der Waals surface area contributed by atoms with Crippen LogP contribution in [0, 0.1) is 6.92 Å². The van der Waals surface area contributed by atoms with E-state index in [1.54, 1.807) is 13.0 Å². The standard InChI is InChI=1S/C24H30F3N3O4S/c1-4-29(5-2)19-12-13-20(17(3)15-19)30(18-9-8-10-18)23(31)34-21(24(25,26)27)16-35(32,33)22-11-6-7-14-28-22/h6-7,11-15,18,21H,4-5,8-10,16H2,1-3H3. The molecule has 1 aromatic carbocycles. The smallest absolute Gasteiger partial charge is 0.426 e. The Labute approximate surface area is 203 Å². The van der Waals surface area contributed by atoms with Gasteiger partial charge in [0, 0.05) is 31.0 Å². The molecule has 2 aromatic rings. The maximum absolute atomic E-state index is 13.8. The molecule has 1 atom stereocenters. The number of aromatic nitrogens is 1. The SMILES string of the molecule is CCN(CC)c1ccc(N(C(=O)OC(CS(=O)(=O)c2ccccn2)C(F)(F)F)C2CCC2)c(C)c1. The number of alkyl halides is 3. The van der Waals surface area contributed by atoms with Gasteiger partial charge in [0.2, 0.25) is 6.10 Å². The van der Waals surface area contributed by atoms with Gasteiger partial charge >= 0.3 is 12.3 Å². The van der Waals surface area contributed by atoms with Gasteiger partial charge in [0.1, 0.15) is 5.75 Å². The van der Waals surface area contributed by atoms with Gasteiger partial charge in [-0.15, -0.1) is 0 Å². The number of amides is 1. The molecule has 0 bridgehead atoms. The Morgan fingerprint density at radius 3 is 2.34 bits per heavy atom. The van der Waals surface area contributed by atoms with Gasteiger partial charge < -0.3 is 9.64 Å². The Morgan fingerprint density at radius 1 is 1.17 bits per heavy atom. The summed E-state index contributed by atoms with van der Waals surface area (Å²) in [6, 6.07) is 9.00. The number of benzene rings is 1. The number of anilines is 2. The Bertz CT molecular complexity index is 1120. The zero-order valence-electron chi connectivity index (χ0n) is 20.0. The van der Waals surface area contributed by atoms with Crippen molar-refractivity contribution in [2.24, 2.45) is 0 Å². The van der Waals surface area contributed by atoms with Crippen LogP contribution in [0.5, 0.6) is 0 Å². The molecule has 7 nitrogen and oxygen atoms in total. The predicted molar refractivity (Wildman–Crippen MR) is 127 cm³/mol. The van der Waals surface area contributed by atoms with Crippen LogP contribution in [0.2, 0.25) is 0 Å². The molecule has 1 aliphatic rings. The number of carbonyl (C=O) groups is 1. The zero-order valence-corrected chi connectivity index (χ0v) is 20.8. The summed E-state index contributed by atoms with van der Waals surface area (Å²) in [7, 11) is -4.45. The first-order valence-electron chi connectivity index (χ1n) is 11.5. The predicted octanol–water partition coefficient (Wildman–Crippen LogP) is 5.14. The number of carbonyl (C=O) groups excluding carboxylic acids is 1. The molecule has 0 spiro atoms. The molecule has 1 saturated carbocycles. The zero-order chi connectivity index (χ0) is 25.8. The molecule has 11 heteroatoms. The number of hydrogen-bond donors (Lipinski definition) is 0. The second kappa shape index (κ2) is 10.8. The van der Waals surface area contributed by atoms with E-state index in [2.05, 4.69) is 9.88 Å². The van der Waals surface area contributed by atoms with E-state index in [0.717, 1.165) is 31.3 Å². The molecule has 3 rings (SSSR count). The summed E-state index contributed by atoms with van der Waals surface area (Å²) in [6.45, 7) is 7.37. The molecule has 1 unspecified atom stereocenters. The fourth-order valence-electron chi connectivity index (χ4n) is 3.97. The maximum Gasteiger partial charge on any atom is 0.426 e. The second-order valence-electron chi connectivity index (χ2n) is 8.46. The van der Waals surface area contributed by atoms with Crippen molar-refractivity contribution < 1.29 is 31.1 Å². The van der Waals surface area contributed by atoms with Gasteiger partial charge in [-0.3, -0.25) is 4.90 Å². The third kappa shape index (κ3) is 6.25. The van der Waals surface area contributed by atoms with Crippen LogP contribution in [0.25, 0.3) is 0 Å². The van der Waals surface area contributed by atoms with Crippen LogP contribution in [0.15, 0.2) is 47.6 Å². The van der Waals surface area contributed by atoms with Gasteiger partial charge in [-0.05, 0) is 75.9 Å². The topological polar surface area (TPSA) is 79.8 Å². The summed E-state index contributed by atoms with van der Waals surface area (Å²) in [6.07, 6.45) is -5.88. The molecule has 0 radical (unpaired) electrons. The quantitative estimate of drug-likeness (QED) is 0.462. The number of halogens is 3. The molecule has 1 aromatic heterocycles. The van der Waals surface area contributed by atoms with E-state index >= 15 is 0 Å². The summed E-state index contributed by atoms with van der Waals surface area (Å²) in [5, 5.41) is -0.510. The second-order valence-corrected chi connectivity index (χ2v) is 10.4. The maximum atomic E-state index is 13.8. The van der Waals surface area contributed by atoms with Crippen molar-refractivity contribution in [1.29, 1.82) is 0 Å². The minimum Gasteiger partial charge on any atom is -0.435 e. The van der Waals surface area contributed by atoms with Crippen LogP contribution >= 0.6 is 0 Å². The minimum absolute atomic E-state index is 0.318. The number of nitrogens with zero attached hydrogens (tertiary/aromatic N) is 3. The van der Waals surface area contributed by atoms with E-state index in [1.807, 2.05) is 26.0 Å². The van der Waals surface area contributed by atoms with Crippen LogP contribution in [0.1, 0.15) is 38.7 Å². The van der Waals surface area contributed by atoms with E-state index in [-0.39, 0.29) is 6.04 Å². The molecule has 1 amide bonds. The Balaban J connectivity index is 1.89. The third-order valence-electron chi connectivity index (χ3n) is 6.14. The lowest BCUT2D eigenvalue weighted by molar-refractivity contribution is -0.195. The lowest BCUT2D eigenvalue weighted by Gasteiger charge is -2.38. The number of aryl methyl sites for hydroxylation is 1. The summed E-state index contributed by atoms with van der Waals surface area (Å²) in [5.41, 5.74) is 2.10. The van der Waals surface area contributed by atoms with Crippen LogP contribution in [0.4, 0.5) is 29.3 Å². The first-order chi connectivity index (χ1) is 16.5. The highest BCUT2D eigenvalue weighted by molar-refractivity contribution is 7.91. The molecule has 1 aliphatic carbocycles. The van der Waals surface area contributed by atoms with Crippen molar-refractivity contribution in [1.82, 2.24) is 4.98 Å². The highest BCUT2D eigenvalue weighted by Crippen LogP contribution is 2.35. The van der Waals surface area contributed by atoms with Crippen LogP contribution in [0.3, 0.4) is 0 Å². The number of sulfone groups is 1. The van der Waals surface area contributed by atoms with Crippen molar-refractivity contribution in [3.63, 3.8) is 0 Å². The highest BCUT2D eigenvalue weighted by atomic mass is 32.2. The van der Waals surface area contributed by atoms with Crippen molar-refractivity contribution in [3.05, 3.63) is 48.2 Å². The molecule has 192 valence electrons. The van der Waals surface area contributed by atoms with E-state index in [9.17, 15) is 26.4 Å². The highest BCUT2D eigenvalue weighted by Gasteiger charge is 2.47. The Kier molecular flexibility index (Phi) is 8.30. The largest absolute Gasteiger partial charge is 0.435 e. The summed E-state index contributed by atoms with van der Waals surface area (Å²) in [5.74, 6) is -1.45. The van der Waals surface area contributed by atoms with E-state index in [0.29, 0.717) is 24.1 Å². The first-order valence-corrected chi connectivity index (χ1v) is 13.2. The Hall–Kier alpha value is -2.82. The van der Waals surface area contributed by atoms with Gasteiger partial charge in [0.15, 0.2) is 14.9 Å². The van der Waals surface area contributed by atoms with Gasteiger partial charge in [-0.1, -0.05) is 6.07 Å². The van der Waals surface area contributed by atoms with Crippen LogP contribution < -0.4 is 9.80 Å². The van der Waals surface area contributed by atoms with Gasteiger partial charge in [-0.25, -0.2) is 18.2 Å². The molecule has 0 N–H and O–H groups in total. The molecule has 0 aliphatic heterocycles. The van der Waals surface area contributed by atoms with Crippen LogP contribution in [-0.4, -0.2) is 56.7 Å². The molecular formula is C24H30F3N3O4S. The van der Waals surface area contributed by atoms with Crippen LogP contribution in [-0.2, 0) is 14.6 Å². The van der Waals surface area contributed by atoms with E-state index < -0.39 is 39.0 Å². The van der Waals surface area contributed by atoms with Crippen molar-refractivity contribution in [2.75, 3.05) is 28.6 Å². The molecule has 1 fully saturated rings. The summed E-state index contributed by atoms with van der Waals surface area (Å²) >= 11 is 0. The monoisotopic (exact) mass is 513 g/mol. The lowest BCUT2D eigenvalue weighted by atomic mass is 9.91. The minimum atomic E-state index is -5.08. The number of pyridine rings is 1. The van der Waals surface area contributed by atoms with Gasteiger partial charge in [-0.2, -0.15) is 13.2 Å².